The standard InChI is InChI=1S/C12H13FO3/c1-12(2,3)16-11(15)9-5-4-8(7-14)6-10(9)13/h4-7H,1-3H3. The van der Waals surface area contributed by atoms with Gasteiger partial charge in [-0.2, -0.15) is 0 Å². The Kier molecular flexibility index (Phi) is 3.42. The highest BCUT2D eigenvalue weighted by Gasteiger charge is 2.20. The second-order valence-electron chi connectivity index (χ2n) is 4.36. The van der Waals surface area contributed by atoms with Crippen molar-refractivity contribution in [2.24, 2.45) is 0 Å². The van der Waals surface area contributed by atoms with Gasteiger partial charge in [-0.1, -0.05) is 6.07 Å². The van der Waals surface area contributed by atoms with E-state index in [2.05, 4.69) is 0 Å². The topological polar surface area (TPSA) is 43.4 Å². The van der Waals surface area contributed by atoms with E-state index in [1.807, 2.05) is 0 Å². The first-order chi connectivity index (χ1) is 7.33. The minimum Gasteiger partial charge on any atom is -0.456 e. The molecule has 0 bridgehead atoms. The summed E-state index contributed by atoms with van der Waals surface area (Å²) in [6.45, 7) is 5.09. The molecule has 3 nitrogen and oxygen atoms in total. The number of carbonyl (C=O) groups is 2. The highest BCUT2D eigenvalue weighted by molar-refractivity contribution is 5.91. The molecule has 0 saturated heterocycles. The van der Waals surface area contributed by atoms with E-state index in [0.29, 0.717) is 6.29 Å². The van der Waals surface area contributed by atoms with Crippen molar-refractivity contribution < 1.29 is 18.7 Å². The van der Waals surface area contributed by atoms with Gasteiger partial charge in [0, 0.05) is 5.56 Å². The third-order valence-electron chi connectivity index (χ3n) is 1.75. The van der Waals surface area contributed by atoms with E-state index >= 15 is 0 Å². The van der Waals surface area contributed by atoms with Gasteiger partial charge in [-0.05, 0) is 32.9 Å². The fourth-order valence-corrected chi connectivity index (χ4v) is 1.10. The van der Waals surface area contributed by atoms with E-state index in [1.54, 1.807) is 20.8 Å². The van der Waals surface area contributed by atoms with Crippen molar-refractivity contribution >= 4 is 12.3 Å². The second-order valence-corrected chi connectivity index (χ2v) is 4.36. The van der Waals surface area contributed by atoms with Crippen molar-refractivity contribution in [2.75, 3.05) is 0 Å². The summed E-state index contributed by atoms with van der Waals surface area (Å²) in [5.74, 6) is -1.48. The smallest absolute Gasteiger partial charge is 0.341 e. The molecule has 0 aliphatic rings. The van der Waals surface area contributed by atoms with E-state index < -0.39 is 17.4 Å². The number of hydrogen-bond acceptors (Lipinski definition) is 3. The van der Waals surface area contributed by atoms with E-state index in [9.17, 15) is 14.0 Å². The van der Waals surface area contributed by atoms with Gasteiger partial charge in [-0.25, -0.2) is 9.18 Å². The highest BCUT2D eigenvalue weighted by atomic mass is 19.1. The molecule has 0 aliphatic heterocycles. The molecule has 16 heavy (non-hydrogen) atoms. The molecule has 1 rings (SSSR count). The molecule has 0 amide bonds. The van der Waals surface area contributed by atoms with Gasteiger partial charge in [-0.3, -0.25) is 4.79 Å². The Hall–Kier alpha value is -1.71. The Labute approximate surface area is 93.2 Å². The molecule has 1 aromatic rings. The normalized spacial score (nSPS) is 11.0. The summed E-state index contributed by atoms with van der Waals surface area (Å²) in [6, 6.07) is 3.62. The summed E-state index contributed by atoms with van der Waals surface area (Å²) in [7, 11) is 0. The molecule has 0 radical (unpaired) electrons. The highest BCUT2D eigenvalue weighted by Crippen LogP contribution is 2.15. The molecular weight excluding hydrogens is 211 g/mol. The van der Waals surface area contributed by atoms with Crippen molar-refractivity contribution in [3.8, 4) is 0 Å². The molecule has 0 atom stereocenters. The first-order valence-electron chi connectivity index (χ1n) is 4.81. The minimum absolute atomic E-state index is 0.166. The monoisotopic (exact) mass is 224 g/mol. The number of halogens is 1. The van der Waals surface area contributed by atoms with Crippen LogP contribution in [0.5, 0.6) is 0 Å². The molecule has 0 unspecified atom stereocenters. The summed E-state index contributed by atoms with van der Waals surface area (Å²) < 4.78 is 18.4. The average Bonchev–Trinajstić information content (AvgIpc) is 2.14. The van der Waals surface area contributed by atoms with Crippen LogP contribution in [0.4, 0.5) is 4.39 Å². The maximum Gasteiger partial charge on any atom is 0.341 e. The molecule has 0 N–H and O–H groups in total. The number of carbonyl (C=O) groups excluding carboxylic acids is 2. The molecule has 0 aromatic heterocycles. The predicted molar refractivity (Wildman–Crippen MR) is 57.0 cm³/mol. The van der Waals surface area contributed by atoms with Crippen molar-refractivity contribution in [1.82, 2.24) is 0 Å². The van der Waals surface area contributed by atoms with Crippen LogP contribution in [0.25, 0.3) is 0 Å². The summed E-state index contributed by atoms with van der Waals surface area (Å²) in [4.78, 5) is 21.9. The number of esters is 1. The Morgan fingerprint density at radius 1 is 1.38 bits per heavy atom. The van der Waals surface area contributed by atoms with Crippen LogP contribution in [-0.4, -0.2) is 17.9 Å². The third-order valence-corrected chi connectivity index (χ3v) is 1.75. The van der Waals surface area contributed by atoms with Crippen LogP contribution in [0.3, 0.4) is 0 Å². The van der Waals surface area contributed by atoms with E-state index in [0.717, 1.165) is 6.07 Å². The van der Waals surface area contributed by atoms with Gasteiger partial charge in [0.15, 0.2) is 0 Å². The van der Waals surface area contributed by atoms with Gasteiger partial charge in [-0.15, -0.1) is 0 Å². The van der Waals surface area contributed by atoms with Crippen LogP contribution in [0.15, 0.2) is 18.2 Å². The molecule has 0 spiro atoms. The van der Waals surface area contributed by atoms with Crippen LogP contribution in [0, 0.1) is 5.82 Å². The van der Waals surface area contributed by atoms with E-state index in [4.69, 9.17) is 4.74 Å². The number of ether oxygens (including phenoxy) is 1. The number of hydrogen-bond donors (Lipinski definition) is 0. The summed E-state index contributed by atoms with van der Waals surface area (Å²) in [6.07, 6.45) is 0.516. The lowest BCUT2D eigenvalue weighted by Gasteiger charge is -2.19. The lowest BCUT2D eigenvalue weighted by molar-refractivity contribution is 0.00646. The lowest BCUT2D eigenvalue weighted by atomic mass is 10.1. The zero-order valence-corrected chi connectivity index (χ0v) is 9.41. The molecule has 0 heterocycles. The van der Waals surface area contributed by atoms with Crippen molar-refractivity contribution in [2.45, 2.75) is 26.4 Å². The predicted octanol–water partition coefficient (Wildman–Crippen LogP) is 2.59. The van der Waals surface area contributed by atoms with Gasteiger partial charge in [0.05, 0.1) is 5.56 Å². The third kappa shape index (κ3) is 3.15. The van der Waals surface area contributed by atoms with Crippen molar-refractivity contribution in [1.29, 1.82) is 0 Å². The summed E-state index contributed by atoms with van der Waals surface area (Å²) in [5.41, 5.74) is -0.655. The van der Waals surface area contributed by atoms with Gasteiger partial charge in [0.25, 0.3) is 0 Å². The van der Waals surface area contributed by atoms with Crippen LogP contribution in [-0.2, 0) is 4.74 Å². The molecule has 1 aromatic carbocycles. The van der Waals surface area contributed by atoms with Gasteiger partial charge < -0.3 is 4.74 Å². The average molecular weight is 224 g/mol. The molecule has 86 valence electrons. The van der Waals surface area contributed by atoms with Crippen LogP contribution in [0.1, 0.15) is 41.5 Å². The zero-order chi connectivity index (χ0) is 12.3. The van der Waals surface area contributed by atoms with Crippen LogP contribution < -0.4 is 0 Å². The molecular formula is C12H13FO3. The van der Waals surface area contributed by atoms with Crippen LogP contribution >= 0.6 is 0 Å². The Balaban J connectivity index is 2.97. The summed E-state index contributed by atoms with van der Waals surface area (Å²) >= 11 is 0. The fraction of sp³-hybridized carbons (Fsp3) is 0.333. The molecule has 4 heteroatoms. The summed E-state index contributed by atoms with van der Waals surface area (Å²) in [5, 5.41) is 0. The Morgan fingerprint density at radius 2 is 2.00 bits per heavy atom. The van der Waals surface area contributed by atoms with E-state index in [1.165, 1.54) is 12.1 Å². The number of rotatable bonds is 2. The largest absolute Gasteiger partial charge is 0.456 e. The quantitative estimate of drug-likeness (QED) is 0.572. The fourth-order valence-electron chi connectivity index (χ4n) is 1.10. The second kappa shape index (κ2) is 4.43. The van der Waals surface area contributed by atoms with Gasteiger partial charge in [0.1, 0.15) is 17.7 Å². The first kappa shape index (κ1) is 12.4. The zero-order valence-electron chi connectivity index (χ0n) is 9.41. The minimum atomic E-state index is -0.751. The van der Waals surface area contributed by atoms with Crippen LogP contribution in [0.2, 0.25) is 0 Å². The Morgan fingerprint density at radius 3 is 2.44 bits per heavy atom. The molecule has 0 saturated carbocycles. The maximum absolute atomic E-state index is 13.4. The number of aldehydes is 1. The van der Waals surface area contributed by atoms with Gasteiger partial charge in [0.2, 0.25) is 0 Å². The van der Waals surface area contributed by atoms with Crippen molar-refractivity contribution in [3.63, 3.8) is 0 Å². The Bertz CT molecular complexity index is 419. The number of benzene rings is 1. The van der Waals surface area contributed by atoms with E-state index in [-0.39, 0.29) is 11.1 Å². The lowest BCUT2D eigenvalue weighted by Crippen LogP contribution is -2.24. The van der Waals surface area contributed by atoms with Crippen molar-refractivity contribution in [3.05, 3.63) is 35.1 Å². The SMILES string of the molecule is CC(C)(C)OC(=O)c1ccc(C=O)cc1F. The van der Waals surface area contributed by atoms with Gasteiger partial charge >= 0.3 is 5.97 Å². The molecule has 0 fully saturated rings. The first-order valence-corrected chi connectivity index (χ1v) is 4.81. The molecule has 0 aliphatic carbocycles. The maximum atomic E-state index is 13.4.